The maximum Gasteiger partial charge on any atom is 0.214 e. The van der Waals surface area contributed by atoms with Crippen LogP contribution in [0.3, 0.4) is 0 Å². The topological polar surface area (TPSA) is 37.4 Å². The van der Waals surface area contributed by atoms with Crippen LogP contribution in [0.15, 0.2) is 18.2 Å². The molecule has 1 fully saturated rings. The quantitative estimate of drug-likeness (QED) is 0.829. The van der Waals surface area contributed by atoms with Crippen LogP contribution in [0.1, 0.15) is 12.8 Å². The van der Waals surface area contributed by atoms with Crippen LogP contribution < -0.4 is 5.32 Å². The van der Waals surface area contributed by atoms with E-state index in [1.54, 1.807) is 12.1 Å². The third-order valence-corrected chi connectivity index (χ3v) is 3.69. The summed E-state index contributed by atoms with van der Waals surface area (Å²) >= 11 is 0. The van der Waals surface area contributed by atoms with Crippen molar-refractivity contribution < 1.29 is 9.13 Å². The smallest absolute Gasteiger partial charge is 0.214 e. The van der Waals surface area contributed by atoms with Crippen molar-refractivity contribution >= 4 is 5.82 Å². The van der Waals surface area contributed by atoms with Gasteiger partial charge >= 0.3 is 0 Å². The normalized spacial score (nSPS) is 18.9. The Labute approximate surface area is 107 Å². The Morgan fingerprint density at radius 2 is 2.11 bits per heavy atom. The molecule has 1 aromatic heterocycles. The van der Waals surface area contributed by atoms with Crippen LogP contribution in [-0.4, -0.2) is 49.3 Å². The van der Waals surface area contributed by atoms with E-state index in [1.165, 1.54) is 6.07 Å². The average Bonchev–Trinajstić information content (AvgIpc) is 2.37. The van der Waals surface area contributed by atoms with Crippen molar-refractivity contribution in [2.24, 2.45) is 0 Å². The summed E-state index contributed by atoms with van der Waals surface area (Å²) in [5, 5.41) is 3.23. The first kappa shape index (κ1) is 13.2. The molecule has 2 heterocycles. The highest BCUT2D eigenvalue weighted by molar-refractivity contribution is 5.34. The highest BCUT2D eigenvalue weighted by Crippen LogP contribution is 2.26. The molecule has 0 aliphatic carbocycles. The molecule has 0 radical (unpaired) electrons. The monoisotopic (exact) mass is 253 g/mol. The minimum Gasteiger partial charge on any atom is -0.381 e. The lowest BCUT2D eigenvalue weighted by atomic mass is 9.88. The Balaban J connectivity index is 2.01. The van der Waals surface area contributed by atoms with Gasteiger partial charge < -0.3 is 15.0 Å². The number of likely N-dealkylation sites (N-methyl/N-ethyl adjacent to an activating group) is 1. The minimum absolute atomic E-state index is 0.0618. The molecular formula is C13H20FN3O. The van der Waals surface area contributed by atoms with E-state index < -0.39 is 5.95 Å². The molecule has 0 spiro atoms. The molecule has 5 heteroatoms. The van der Waals surface area contributed by atoms with E-state index in [9.17, 15) is 4.39 Å². The molecule has 0 bridgehead atoms. The van der Waals surface area contributed by atoms with E-state index in [1.807, 2.05) is 0 Å². The van der Waals surface area contributed by atoms with E-state index in [0.717, 1.165) is 32.6 Å². The third kappa shape index (κ3) is 2.97. The van der Waals surface area contributed by atoms with Crippen LogP contribution >= 0.6 is 0 Å². The lowest BCUT2D eigenvalue weighted by Gasteiger charge is -2.43. The zero-order valence-corrected chi connectivity index (χ0v) is 10.9. The van der Waals surface area contributed by atoms with Gasteiger partial charge in [0.15, 0.2) is 0 Å². The Bertz CT molecular complexity index is 392. The summed E-state index contributed by atoms with van der Waals surface area (Å²) in [5.41, 5.74) is 0.0618. The van der Waals surface area contributed by atoms with Gasteiger partial charge in [-0.15, -0.1) is 0 Å². The molecule has 0 amide bonds. The van der Waals surface area contributed by atoms with Gasteiger partial charge in [0, 0.05) is 25.3 Å². The minimum atomic E-state index is -0.453. The zero-order valence-electron chi connectivity index (χ0n) is 10.9. The van der Waals surface area contributed by atoms with Gasteiger partial charge in [-0.1, -0.05) is 6.07 Å². The largest absolute Gasteiger partial charge is 0.381 e. The number of hydrogen-bond donors (Lipinski definition) is 1. The number of ether oxygens (including phenoxy) is 1. The van der Waals surface area contributed by atoms with Gasteiger partial charge in [-0.05, 0) is 39.1 Å². The Morgan fingerprint density at radius 3 is 2.72 bits per heavy atom. The van der Waals surface area contributed by atoms with Crippen molar-refractivity contribution in [2.45, 2.75) is 18.4 Å². The third-order valence-electron chi connectivity index (χ3n) is 3.69. The second kappa shape index (κ2) is 5.63. The van der Waals surface area contributed by atoms with Crippen LogP contribution in [0.25, 0.3) is 0 Å². The predicted octanol–water partition coefficient (Wildman–Crippen LogP) is 1.74. The number of hydrogen-bond acceptors (Lipinski definition) is 4. The average molecular weight is 253 g/mol. The maximum atomic E-state index is 13.0. The molecule has 100 valence electrons. The molecule has 0 saturated carbocycles. The summed E-state index contributed by atoms with van der Waals surface area (Å²) in [6.07, 6.45) is 1.95. The van der Waals surface area contributed by atoms with Crippen LogP contribution in [0.4, 0.5) is 10.2 Å². The van der Waals surface area contributed by atoms with Crippen molar-refractivity contribution in [3.8, 4) is 0 Å². The molecule has 2 rings (SSSR count). The molecular weight excluding hydrogens is 233 g/mol. The second-order valence-electron chi connectivity index (χ2n) is 4.93. The lowest BCUT2D eigenvalue weighted by molar-refractivity contribution is -0.000671. The Morgan fingerprint density at radius 1 is 1.39 bits per heavy atom. The number of anilines is 1. The van der Waals surface area contributed by atoms with Crippen molar-refractivity contribution in [1.82, 2.24) is 9.88 Å². The Kier molecular flexibility index (Phi) is 4.14. The van der Waals surface area contributed by atoms with Crippen molar-refractivity contribution in [3.05, 3.63) is 24.1 Å². The van der Waals surface area contributed by atoms with E-state index >= 15 is 0 Å². The van der Waals surface area contributed by atoms with E-state index in [4.69, 9.17) is 4.74 Å². The molecule has 4 nitrogen and oxygen atoms in total. The van der Waals surface area contributed by atoms with E-state index in [2.05, 4.69) is 29.3 Å². The molecule has 1 aromatic rings. The van der Waals surface area contributed by atoms with E-state index in [-0.39, 0.29) is 5.54 Å². The summed E-state index contributed by atoms with van der Waals surface area (Å²) in [5.74, 6) is 0.133. The molecule has 1 saturated heterocycles. The zero-order chi connectivity index (χ0) is 13.0. The van der Waals surface area contributed by atoms with Crippen LogP contribution in [0.5, 0.6) is 0 Å². The van der Waals surface area contributed by atoms with Crippen LogP contribution in [0, 0.1) is 5.95 Å². The lowest BCUT2D eigenvalue weighted by Crippen LogP contribution is -2.53. The number of rotatable bonds is 4. The van der Waals surface area contributed by atoms with Crippen LogP contribution in [0.2, 0.25) is 0 Å². The maximum absolute atomic E-state index is 13.0. The number of pyridine rings is 1. The predicted molar refractivity (Wildman–Crippen MR) is 69.2 cm³/mol. The summed E-state index contributed by atoms with van der Waals surface area (Å²) in [6.45, 7) is 2.30. The molecule has 1 N–H and O–H groups in total. The van der Waals surface area contributed by atoms with Gasteiger partial charge in [0.1, 0.15) is 5.82 Å². The number of nitrogens with one attached hydrogen (secondary N) is 1. The van der Waals surface area contributed by atoms with Gasteiger partial charge in [-0.3, -0.25) is 0 Å². The fraction of sp³-hybridized carbons (Fsp3) is 0.615. The van der Waals surface area contributed by atoms with Gasteiger partial charge in [-0.25, -0.2) is 4.98 Å². The first-order valence-corrected chi connectivity index (χ1v) is 6.24. The fourth-order valence-electron chi connectivity index (χ4n) is 2.30. The van der Waals surface area contributed by atoms with Gasteiger partial charge in [0.2, 0.25) is 5.95 Å². The molecule has 18 heavy (non-hydrogen) atoms. The highest BCUT2D eigenvalue weighted by atomic mass is 19.1. The highest BCUT2D eigenvalue weighted by Gasteiger charge is 2.34. The van der Waals surface area contributed by atoms with Gasteiger partial charge in [0.25, 0.3) is 0 Å². The second-order valence-corrected chi connectivity index (χ2v) is 4.93. The number of nitrogens with zero attached hydrogens (tertiary/aromatic N) is 2. The van der Waals surface area contributed by atoms with Gasteiger partial charge in [0.05, 0.1) is 0 Å². The fourth-order valence-corrected chi connectivity index (χ4v) is 2.30. The van der Waals surface area contributed by atoms with Crippen molar-refractivity contribution in [3.63, 3.8) is 0 Å². The van der Waals surface area contributed by atoms with Crippen LogP contribution in [-0.2, 0) is 4.74 Å². The summed E-state index contributed by atoms with van der Waals surface area (Å²) in [4.78, 5) is 6.04. The molecule has 1 aliphatic heterocycles. The SMILES string of the molecule is CN(C)C1(CNc2cccc(F)n2)CCOCC1. The molecule has 1 aliphatic rings. The summed E-state index contributed by atoms with van der Waals surface area (Å²) in [6, 6.07) is 4.80. The number of aromatic nitrogens is 1. The summed E-state index contributed by atoms with van der Waals surface area (Å²) < 4.78 is 18.4. The first-order chi connectivity index (χ1) is 8.62. The first-order valence-electron chi connectivity index (χ1n) is 6.24. The standard InChI is InChI=1S/C13H20FN3O/c1-17(2)13(6-8-18-9-7-13)10-15-12-5-3-4-11(14)16-12/h3-5H,6-10H2,1-2H3,(H,15,16). The van der Waals surface area contributed by atoms with E-state index in [0.29, 0.717) is 5.82 Å². The van der Waals surface area contributed by atoms with Gasteiger partial charge in [-0.2, -0.15) is 4.39 Å². The van der Waals surface area contributed by atoms with Crippen molar-refractivity contribution in [1.29, 1.82) is 0 Å². The number of halogens is 1. The summed E-state index contributed by atoms with van der Waals surface area (Å²) in [7, 11) is 4.15. The molecule has 0 unspecified atom stereocenters. The molecule has 0 aromatic carbocycles. The van der Waals surface area contributed by atoms with Crippen molar-refractivity contribution in [2.75, 3.05) is 39.2 Å². The Hall–Kier alpha value is -1.20. The molecule has 0 atom stereocenters.